The van der Waals surface area contributed by atoms with Gasteiger partial charge in [-0.25, -0.2) is 0 Å². The monoisotopic (exact) mass is 375 g/mol. The molecule has 0 spiro atoms. The fourth-order valence-electron chi connectivity index (χ4n) is 2.83. The zero-order chi connectivity index (χ0) is 19.8. The maximum atomic E-state index is 12.4. The molecule has 142 valence electrons. The number of hydrogen-bond acceptors (Lipinski definition) is 4. The number of carbonyl (C=O) groups excluding carboxylic acids is 2. The van der Waals surface area contributed by atoms with E-state index in [-0.39, 0.29) is 30.7 Å². The Kier molecular flexibility index (Phi) is 6.41. The molecule has 0 unspecified atom stereocenters. The van der Waals surface area contributed by atoms with Crippen LogP contribution in [0, 0.1) is 0 Å². The van der Waals surface area contributed by atoms with Gasteiger partial charge in [0, 0.05) is 0 Å². The second kappa shape index (κ2) is 9.37. The summed E-state index contributed by atoms with van der Waals surface area (Å²) in [6.45, 7) is -0.354. The first-order chi connectivity index (χ1) is 13.6. The third-order valence-corrected chi connectivity index (χ3v) is 4.22. The van der Waals surface area contributed by atoms with Gasteiger partial charge in [-0.2, -0.15) is 0 Å². The van der Waals surface area contributed by atoms with E-state index in [1.807, 2.05) is 60.7 Å². The Balaban J connectivity index is 1.59. The standard InChI is InChI=1S/C23H21NO4/c25-20-13-11-17(12-14-20)15-22(27)28-16-21(26)24-23(18-7-3-1-4-8-18)19-9-5-2-6-10-19/h1-14,23,25H,15-16H2,(H,24,26). The van der Waals surface area contributed by atoms with Crippen LogP contribution in [0.5, 0.6) is 5.75 Å². The Morgan fingerprint density at radius 2 is 1.36 bits per heavy atom. The van der Waals surface area contributed by atoms with Crippen molar-refractivity contribution < 1.29 is 19.4 Å². The summed E-state index contributed by atoms with van der Waals surface area (Å²) in [5.41, 5.74) is 2.59. The van der Waals surface area contributed by atoms with Crippen LogP contribution in [-0.2, 0) is 20.7 Å². The fourth-order valence-corrected chi connectivity index (χ4v) is 2.83. The summed E-state index contributed by atoms with van der Waals surface area (Å²) in [7, 11) is 0. The minimum absolute atomic E-state index is 0.0361. The van der Waals surface area contributed by atoms with E-state index in [1.54, 1.807) is 12.1 Å². The summed E-state index contributed by atoms with van der Waals surface area (Å²) in [5, 5.41) is 12.2. The van der Waals surface area contributed by atoms with Gasteiger partial charge >= 0.3 is 5.97 Å². The van der Waals surface area contributed by atoms with Crippen LogP contribution >= 0.6 is 0 Å². The molecule has 0 aromatic heterocycles. The van der Waals surface area contributed by atoms with E-state index >= 15 is 0 Å². The van der Waals surface area contributed by atoms with Crippen molar-refractivity contribution in [3.63, 3.8) is 0 Å². The van der Waals surface area contributed by atoms with Crippen molar-refractivity contribution in [3.8, 4) is 5.75 Å². The third kappa shape index (κ3) is 5.45. The molecular formula is C23H21NO4. The number of phenolic OH excluding ortho intramolecular Hbond substituents is 1. The number of phenols is 1. The molecule has 3 aromatic rings. The van der Waals surface area contributed by atoms with Crippen molar-refractivity contribution in [2.45, 2.75) is 12.5 Å². The number of esters is 1. The lowest BCUT2D eigenvalue weighted by molar-refractivity contribution is -0.148. The highest BCUT2D eigenvalue weighted by Crippen LogP contribution is 2.21. The number of ether oxygens (including phenoxy) is 1. The van der Waals surface area contributed by atoms with Gasteiger partial charge < -0.3 is 15.2 Å². The minimum atomic E-state index is -0.503. The van der Waals surface area contributed by atoms with Gasteiger partial charge in [-0.3, -0.25) is 9.59 Å². The molecule has 5 heteroatoms. The molecule has 0 atom stereocenters. The van der Waals surface area contributed by atoms with E-state index in [2.05, 4.69) is 5.32 Å². The SMILES string of the molecule is O=C(COC(=O)Cc1ccc(O)cc1)NC(c1ccccc1)c1ccccc1. The Morgan fingerprint density at radius 1 is 0.821 bits per heavy atom. The predicted molar refractivity (Wildman–Crippen MR) is 106 cm³/mol. The first kappa shape index (κ1) is 19.2. The molecule has 0 bridgehead atoms. The van der Waals surface area contributed by atoms with Crippen molar-refractivity contribution in [2.75, 3.05) is 6.61 Å². The van der Waals surface area contributed by atoms with E-state index in [1.165, 1.54) is 12.1 Å². The maximum absolute atomic E-state index is 12.4. The number of carbonyl (C=O) groups is 2. The Bertz CT molecular complexity index is 869. The smallest absolute Gasteiger partial charge is 0.310 e. The van der Waals surface area contributed by atoms with Crippen LogP contribution in [0.2, 0.25) is 0 Å². The van der Waals surface area contributed by atoms with Crippen molar-refractivity contribution in [3.05, 3.63) is 102 Å². The van der Waals surface area contributed by atoms with E-state index < -0.39 is 5.97 Å². The van der Waals surface area contributed by atoms with Crippen LogP contribution in [-0.4, -0.2) is 23.6 Å². The molecule has 0 radical (unpaired) electrons. The molecule has 0 saturated heterocycles. The van der Waals surface area contributed by atoms with Crippen molar-refractivity contribution in [2.24, 2.45) is 0 Å². The van der Waals surface area contributed by atoms with E-state index in [9.17, 15) is 14.7 Å². The van der Waals surface area contributed by atoms with Gasteiger partial charge in [0.2, 0.25) is 0 Å². The largest absolute Gasteiger partial charge is 0.508 e. The molecule has 2 N–H and O–H groups in total. The number of rotatable bonds is 7. The zero-order valence-corrected chi connectivity index (χ0v) is 15.2. The highest BCUT2D eigenvalue weighted by Gasteiger charge is 2.17. The number of hydrogen-bond donors (Lipinski definition) is 2. The highest BCUT2D eigenvalue weighted by molar-refractivity contribution is 5.81. The van der Waals surface area contributed by atoms with E-state index in [4.69, 9.17) is 4.74 Å². The average molecular weight is 375 g/mol. The van der Waals surface area contributed by atoms with Crippen molar-refractivity contribution >= 4 is 11.9 Å². The summed E-state index contributed by atoms with van der Waals surface area (Å²) in [6.07, 6.45) is 0.0361. The molecule has 5 nitrogen and oxygen atoms in total. The summed E-state index contributed by atoms with van der Waals surface area (Å²) >= 11 is 0. The number of benzene rings is 3. The minimum Gasteiger partial charge on any atom is -0.508 e. The van der Waals surface area contributed by atoms with Gasteiger partial charge in [0.05, 0.1) is 12.5 Å². The van der Waals surface area contributed by atoms with E-state index in [0.717, 1.165) is 11.1 Å². The summed E-state index contributed by atoms with van der Waals surface area (Å²) in [5.74, 6) is -0.752. The second-order valence-corrected chi connectivity index (χ2v) is 6.33. The topological polar surface area (TPSA) is 75.6 Å². The second-order valence-electron chi connectivity index (χ2n) is 6.33. The van der Waals surface area contributed by atoms with Gasteiger partial charge in [-0.1, -0.05) is 72.8 Å². The third-order valence-electron chi connectivity index (χ3n) is 4.22. The molecule has 0 aliphatic carbocycles. The van der Waals surface area contributed by atoms with Crippen molar-refractivity contribution in [1.29, 1.82) is 0 Å². The number of nitrogens with one attached hydrogen (secondary N) is 1. The van der Waals surface area contributed by atoms with Crippen LogP contribution in [0.4, 0.5) is 0 Å². The molecular weight excluding hydrogens is 354 g/mol. The van der Waals surface area contributed by atoms with Crippen LogP contribution in [0.15, 0.2) is 84.9 Å². The number of amides is 1. The Morgan fingerprint density at radius 3 is 1.89 bits per heavy atom. The Labute approximate surface area is 163 Å². The van der Waals surface area contributed by atoms with Crippen LogP contribution in [0.1, 0.15) is 22.7 Å². The lowest BCUT2D eigenvalue weighted by atomic mass is 9.99. The molecule has 28 heavy (non-hydrogen) atoms. The molecule has 3 aromatic carbocycles. The zero-order valence-electron chi connectivity index (χ0n) is 15.2. The molecule has 0 aliphatic rings. The molecule has 0 heterocycles. The number of aromatic hydroxyl groups is 1. The first-order valence-electron chi connectivity index (χ1n) is 8.94. The molecule has 3 rings (SSSR count). The van der Waals surface area contributed by atoms with Gasteiger partial charge in [0.1, 0.15) is 5.75 Å². The van der Waals surface area contributed by atoms with Crippen LogP contribution in [0.25, 0.3) is 0 Å². The molecule has 1 amide bonds. The lowest BCUT2D eigenvalue weighted by Crippen LogP contribution is -2.33. The lowest BCUT2D eigenvalue weighted by Gasteiger charge is -2.20. The van der Waals surface area contributed by atoms with E-state index in [0.29, 0.717) is 5.56 Å². The maximum Gasteiger partial charge on any atom is 0.310 e. The molecule has 0 aliphatic heterocycles. The highest BCUT2D eigenvalue weighted by atomic mass is 16.5. The van der Waals surface area contributed by atoms with Crippen molar-refractivity contribution in [1.82, 2.24) is 5.32 Å². The van der Waals surface area contributed by atoms with Gasteiger partial charge in [0.15, 0.2) is 6.61 Å². The first-order valence-corrected chi connectivity index (χ1v) is 8.94. The van der Waals surface area contributed by atoms with Gasteiger partial charge in [-0.05, 0) is 28.8 Å². The van der Waals surface area contributed by atoms with Crippen LogP contribution < -0.4 is 5.32 Å². The van der Waals surface area contributed by atoms with Gasteiger partial charge in [-0.15, -0.1) is 0 Å². The van der Waals surface area contributed by atoms with Crippen LogP contribution in [0.3, 0.4) is 0 Å². The quantitative estimate of drug-likeness (QED) is 0.621. The molecule has 0 saturated carbocycles. The Hall–Kier alpha value is -3.60. The molecule has 0 fully saturated rings. The summed E-state index contributed by atoms with van der Waals surface area (Å²) in [4.78, 5) is 24.3. The normalized spacial score (nSPS) is 10.5. The summed E-state index contributed by atoms with van der Waals surface area (Å²) in [6, 6.07) is 25.2. The summed E-state index contributed by atoms with van der Waals surface area (Å²) < 4.78 is 5.10. The fraction of sp³-hybridized carbons (Fsp3) is 0.130. The van der Waals surface area contributed by atoms with Gasteiger partial charge in [0.25, 0.3) is 5.91 Å². The predicted octanol–water partition coefficient (Wildman–Crippen LogP) is 3.38. The average Bonchev–Trinajstić information content (AvgIpc) is 2.73.